The average Bonchev–Trinajstić information content (AvgIpc) is 1.98. The van der Waals surface area contributed by atoms with Crippen molar-refractivity contribution in [3.63, 3.8) is 0 Å². The molecule has 3 N–H and O–H groups in total. The molecule has 0 rings (SSSR count). The number of nitrogens with two attached hydrogens (primary N) is 1. The van der Waals surface area contributed by atoms with Crippen LogP contribution in [0.25, 0.3) is 0 Å². The summed E-state index contributed by atoms with van der Waals surface area (Å²) in [6.45, 7) is 5.07. The van der Waals surface area contributed by atoms with Gasteiger partial charge in [-0.3, -0.25) is 9.59 Å². The van der Waals surface area contributed by atoms with Crippen LogP contribution in [0.5, 0.6) is 0 Å². The Morgan fingerprint density at radius 2 is 1.92 bits per heavy atom. The third kappa shape index (κ3) is 3.37. The molecule has 0 heterocycles. The second-order valence-corrected chi connectivity index (χ2v) is 2.74. The number of hydrogen-bond donors (Lipinski definition) is 2. The predicted octanol–water partition coefficient (Wildman–Crippen LogP) is -0.0192. The maximum Gasteiger partial charge on any atom is 0.240 e. The van der Waals surface area contributed by atoms with Crippen molar-refractivity contribution in [3.8, 4) is 0 Å². The minimum atomic E-state index is -0.618. The van der Waals surface area contributed by atoms with Crippen molar-refractivity contribution < 1.29 is 9.59 Å². The van der Waals surface area contributed by atoms with Crippen LogP contribution in [0.15, 0.2) is 0 Å². The van der Waals surface area contributed by atoms with Crippen LogP contribution >= 0.6 is 0 Å². The monoisotopic (exact) mass is 171 g/mol. The van der Waals surface area contributed by atoms with Gasteiger partial charge in [-0.15, -0.1) is 0 Å². The molecular formula is C8H15N2O2. The highest BCUT2D eigenvalue weighted by Gasteiger charge is 2.22. The Hall–Kier alpha value is -1.06. The molecule has 0 aliphatic rings. The lowest BCUT2D eigenvalue weighted by Crippen LogP contribution is -2.46. The molecule has 4 heteroatoms. The fourth-order valence-electron chi connectivity index (χ4n) is 0.845. The van der Waals surface area contributed by atoms with Crippen LogP contribution in [-0.4, -0.2) is 17.9 Å². The maximum atomic E-state index is 10.8. The Bertz CT molecular complexity index is 180. The summed E-state index contributed by atoms with van der Waals surface area (Å²) in [4.78, 5) is 21.5. The van der Waals surface area contributed by atoms with Crippen LogP contribution in [0.3, 0.4) is 0 Å². The van der Waals surface area contributed by atoms with E-state index in [0.717, 1.165) is 12.3 Å². The average molecular weight is 171 g/mol. The van der Waals surface area contributed by atoms with Crippen molar-refractivity contribution in [3.05, 3.63) is 5.92 Å². The van der Waals surface area contributed by atoms with E-state index in [4.69, 9.17) is 5.73 Å². The van der Waals surface area contributed by atoms with Gasteiger partial charge in [0.25, 0.3) is 0 Å². The molecular weight excluding hydrogens is 156 g/mol. The summed E-state index contributed by atoms with van der Waals surface area (Å²) in [7, 11) is 0. The van der Waals surface area contributed by atoms with E-state index in [-0.39, 0.29) is 5.91 Å². The van der Waals surface area contributed by atoms with E-state index in [0.29, 0.717) is 0 Å². The summed E-state index contributed by atoms with van der Waals surface area (Å²) in [5.41, 5.74) is 5.09. The van der Waals surface area contributed by atoms with Gasteiger partial charge in [-0.2, -0.15) is 0 Å². The molecule has 0 aromatic carbocycles. The highest BCUT2D eigenvalue weighted by Crippen LogP contribution is 2.09. The first kappa shape index (κ1) is 10.9. The zero-order valence-corrected chi connectivity index (χ0v) is 7.68. The first-order chi connectivity index (χ1) is 5.49. The van der Waals surface area contributed by atoms with Crippen molar-refractivity contribution in [2.45, 2.75) is 33.2 Å². The minimum absolute atomic E-state index is 0.244. The molecule has 0 fully saturated rings. The molecule has 12 heavy (non-hydrogen) atoms. The number of nitrogens with one attached hydrogen (secondary N) is 1. The number of primary amides is 1. The zero-order valence-electron chi connectivity index (χ0n) is 7.68. The number of hydrogen-bond acceptors (Lipinski definition) is 2. The lowest BCUT2D eigenvalue weighted by atomic mass is 9.99. The third-order valence-electron chi connectivity index (χ3n) is 1.68. The summed E-state index contributed by atoms with van der Waals surface area (Å²) in [5.74, 6) is 0.119. The fourth-order valence-corrected chi connectivity index (χ4v) is 0.845. The summed E-state index contributed by atoms with van der Waals surface area (Å²) >= 11 is 0. The third-order valence-corrected chi connectivity index (χ3v) is 1.68. The van der Waals surface area contributed by atoms with Crippen molar-refractivity contribution in [1.29, 1.82) is 0 Å². The Morgan fingerprint density at radius 3 is 2.17 bits per heavy atom. The lowest BCUT2D eigenvalue weighted by molar-refractivity contribution is -0.125. The molecule has 1 radical (unpaired) electrons. The first-order valence-electron chi connectivity index (χ1n) is 3.87. The summed E-state index contributed by atoms with van der Waals surface area (Å²) in [6, 6.07) is -0.618. The van der Waals surface area contributed by atoms with Crippen molar-refractivity contribution in [2.75, 3.05) is 0 Å². The van der Waals surface area contributed by atoms with E-state index in [9.17, 15) is 9.59 Å². The summed E-state index contributed by atoms with van der Waals surface area (Å²) < 4.78 is 0. The van der Waals surface area contributed by atoms with E-state index >= 15 is 0 Å². The molecule has 1 atom stereocenters. The van der Waals surface area contributed by atoms with Crippen molar-refractivity contribution >= 4 is 11.8 Å². The van der Waals surface area contributed by atoms with Crippen molar-refractivity contribution in [2.24, 2.45) is 5.73 Å². The standard InChI is InChI=1S/C8H15N2O2/c1-4-5(2)7(8(9)12)10-6(3)11/h7H,4H2,1-3H3,(H2,9,12)(H,10,11). The number of amides is 2. The second-order valence-electron chi connectivity index (χ2n) is 2.74. The van der Waals surface area contributed by atoms with E-state index in [2.05, 4.69) is 5.32 Å². The molecule has 0 saturated carbocycles. The summed E-state index contributed by atoms with van der Waals surface area (Å²) in [5, 5.41) is 2.48. The molecule has 0 aromatic rings. The first-order valence-corrected chi connectivity index (χ1v) is 3.87. The van der Waals surface area contributed by atoms with Crippen LogP contribution in [0.4, 0.5) is 0 Å². The summed E-state index contributed by atoms with van der Waals surface area (Å²) in [6.07, 6.45) is 0.730. The zero-order chi connectivity index (χ0) is 9.72. The predicted molar refractivity (Wildman–Crippen MR) is 46.0 cm³/mol. The van der Waals surface area contributed by atoms with Crippen LogP contribution in [-0.2, 0) is 9.59 Å². The molecule has 0 spiro atoms. The SMILES string of the molecule is CC[C](C)C(NC(C)=O)C(N)=O. The molecule has 0 saturated heterocycles. The number of carbonyl (C=O) groups is 2. The molecule has 0 aliphatic heterocycles. The molecule has 0 bridgehead atoms. The van der Waals surface area contributed by atoms with Crippen LogP contribution in [0.1, 0.15) is 27.2 Å². The van der Waals surface area contributed by atoms with Gasteiger partial charge in [0, 0.05) is 12.8 Å². The van der Waals surface area contributed by atoms with Gasteiger partial charge in [-0.05, 0) is 6.42 Å². The van der Waals surface area contributed by atoms with Gasteiger partial charge in [0.15, 0.2) is 0 Å². The van der Waals surface area contributed by atoms with E-state index in [1.165, 1.54) is 6.92 Å². The topological polar surface area (TPSA) is 72.2 Å². The lowest BCUT2D eigenvalue weighted by Gasteiger charge is -2.19. The van der Waals surface area contributed by atoms with Crippen LogP contribution in [0, 0.1) is 5.92 Å². The second kappa shape index (κ2) is 4.74. The van der Waals surface area contributed by atoms with Gasteiger partial charge < -0.3 is 11.1 Å². The minimum Gasteiger partial charge on any atom is -0.368 e. The molecule has 0 aliphatic carbocycles. The molecule has 0 aromatic heterocycles. The highest BCUT2D eigenvalue weighted by atomic mass is 16.2. The van der Waals surface area contributed by atoms with E-state index < -0.39 is 11.9 Å². The van der Waals surface area contributed by atoms with Gasteiger partial charge in [-0.25, -0.2) is 0 Å². The smallest absolute Gasteiger partial charge is 0.240 e. The van der Waals surface area contributed by atoms with Gasteiger partial charge in [0.1, 0.15) is 6.04 Å². The quantitative estimate of drug-likeness (QED) is 0.624. The largest absolute Gasteiger partial charge is 0.368 e. The molecule has 1 unspecified atom stereocenters. The number of rotatable bonds is 4. The highest BCUT2D eigenvalue weighted by molar-refractivity contribution is 5.87. The Balaban J connectivity index is 4.22. The van der Waals surface area contributed by atoms with Crippen molar-refractivity contribution in [1.82, 2.24) is 5.32 Å². The molecule has 69 valence electrons. The van der Waals surface area contributed by atoms with E-state index in [1.807, 2.05) is 6.92 Å². The van der Waals surface area contributed by atoms with Crippen LogP contribution in [0.2, 0.25) is 0 Å². The molecule has 2 amide bonds. The normalized spacial score (nSPS) is 12.7. The van der Waals surface area contributed by atoms with Gasteiger partial charge in [-0.1, -0.05) is 13.8 Å². The Morgan fingerprint density at radius 1 is 1.42 bits per heavy atom. The van der Waals surface area contributed by atoms with Crippen LogP contribution < -0.4 is 11.1 Å². The van der Waals surface area contributed by atoms with Gasteiger partial charge in [0.2, 0.25) is 11.8 Å². The van der Waals surface area contributed by atoms with E-state index in [1.54, 1.807) is 6.92 Å². The fraction of sp³-hybridized carbons (Fsp3) is 0.625. The number of carbonyl (C=O) groups excluding carboxylic acids is 2. The Kier molecular flexibility index (Phi) is 4.33. The molecule has 4 nitrogen and oxygen atoms in total. The van der Waals surface area contributed by atoms with Gasteiger partial charge >= 0.3 is 0 Å². The maximum absolute atomic E-state index is 10.8. The Labute approximate surface area is 72.5 Å². The van der Waals surface area contributed by atoms with Gasteiger partial charge in [0.05, 0.1) is 0 Å².